The van der Waals surface area contributed by atoms with Crippen LogP contribution in [0.1, 0.15) is 0 Å². The smallest absolute Gasteiger partial charge is 0.0856 e. The summed E-state index contributed by atoms with van der Waals surface area (Å²) in [4.78, 5) is 0. The Kier molecular flexibility index (Phi) is 641. The number of nitrogens with two attached hydrogens (primary N) is 4. The van der Waals surface area contributed by atoms with Crippen LogP contribution in [0, 0.1) is 22.1 Å². The van der Waals surface area contributed by atoms with E-state index in [-0.39, 0.29) is 27.0 Å². The second-order valence-corrected chi connectivity index (χ2v) is 0.516. The maximum absolute atomic E-state index is 5.61. The van der Waals surface area contributed by atoms with Gasteiger partial charge < -0.3 is 23.4 Å². The van der Waals surface area contributed by atoms with Crippen molar-refractivity contribution < 1.29 is 0 Å². The number of nitrogens with one attached hydrogen (secondary N) is 4. The number of rotatable bonds is 0. The Labute approximate surface area is 94.0 Å². The fraction of sp³-hybridized carbons (Fsp3) is 0. The first-order valence-corrected chi connectivity index (χ1v) is 1.93. The average Bonchev–Trinajstić information content (AvgIpc) is 1.92. The molecule has 0 saturated carbocycles. The molecule has 12 nitrogen and oxygen atoms in total. The molecule has 0 bridgehead atoms. The third kappa shape index (κ3) is 308. The van der Waals surface area contributed by atoms with Gasteiger partial charge in [0.15, 0.2) is 0 Å². The summed E-state index contributed by atoms with van der Waals surface area (Å²) in [5, 5.41) is 9.00. The van der Waals surface area contributed by atoms with E-state index in [1.165, 1.54) is 0 Å². The predicted octanol–water partition coefficient (Wildman–Crippen LogP) is -0.210. The number of hydrogen-bond acceptors (Lipinski definition) is 8. The standard InChI is InChI=1S/4H3N3.2H2S/c4*1-3-2;;/h4*(H3,1,2);2*1H2. The van der Waals surface area contributed by atoms with Crippen LogP contribution in [0.2, 0.25) is 0 Å². The molecule has 0 atom stereocenters. The van der Waals surface area contributed by atoms with E-state index in [4.69, 9.17) is 22.1 Å². The second-order valence-electron chi connectivity index (χ2n) is 0.516. The molecule has 14 heteroatoms. The minimum absolute atomic E-state index is 0. The van der Waals surface area contributed by atoms with E-state index in [0.29, 0.717) is 0 Å². The van der Waals surface area contributed by atoms with Crippen LogP contribution in [-0.4, -0.2) is 0 Å². The van der Waals surface area contributed by atoms with Crippen molar-refractivity contribution >= 4 is 27.0 Å². The minimum Gasteiger partial charge on any atom is -0.305 e. The van der Waals surface area contributed by atoms with Gasteiger partial charge >= 0.3 is 0 Å². The quantitative estimate of drug-likeness (QED) is 0.164. The van der Waals surface area contributed by atoms with Gasteiger partial charge in [-0.1, -0.05) is 20.9 Å². The van der Waals surface area contributed by atoms with Crippen LogP contribution in [0.15, 0.2) is 20.9 Å². The van der Waals surface area contributed by atoms with Crippen molar-refractivity contribution in [2.24, 2.45) is 44.3 Å². The molecule has 0 aliphatic heterocycles. The lowest BCUT2D eigenvalue weighted by Gasteiger charge is -1.40. The van der Waals surface area contributed by atoms with Gasteiger partial charge in [-0.3, -0.25) is 0 Å². The van der Waals surface area contributed by atoms with Crippen molar-refractivity contribution in [2.75, 3.05) is 0 Å². The van der Waals surface area contributed by atoms with E-state index in [2.05, 4.69) is 44.3 Å². The topological polar surface area (TPSA) is 249 Å². The van der Waals surface area contributed by atoms with Gasteiger partial charge in [0.2, 0.25) is 0 Å². The molecule has 0 aromatic heterocycles. The Morgan fingerprint density at radius 2 is 0.500 bits per heavy atom. The van der Waals surface area contributed by atoms with Crippen molar-refractivity contribution in [1.82, 2.24) is 0 Å². The van der Waals surface area contributed by atoms with E-state index in [0.717, 1.165) is 0 Å². The Morgan fingerprint density at radius 3 is 0.500 bits per heavy atom. The molecule has 12 N–H and O–H groups in total. The monoisotopic (exact) mass is 248 g/mol. The van der Waals surface area contributed by atoms with Crippen LogP contribution in [0.25, 0.3) is 0 Å². The van der Waals surface area contributed by atoms with Gasteiger partial charge in [0, 0.05) is 0 Å². The number of hydrogen-bond donors (Lipinski definition) is 8. The predicted molar refractivity (Wildman–Crippen MR) is 58.1 cm³/mol. The van der Waals surface area contributed by atoms with Gasteiger partial charge in [0.25, 0.3) is 0 Å². The van der Waals surface area contributed by atoms with Crippen LogP contribution in [-0.2, 0) is 0 Å². The zero-order valence-corrected chi connectivity index (χ0v) is 9.10. The third-order valence-electron chi connectivity index (χ3n) is 0. The van der Waals surface area contributed by atoms with Crippen molar-refractivity contribution in [3.05, 3.63) is 0 Å². The van der Waals surface area contributed by atoms with E-state index in [1.54, 1.807) is 0 Å². The van der Waals surface area contributed by atoms with Crippen molar-refractivity contribution in [3.8, 4) is 0 Å². The molecule has 88 valence electrons. The highest BCUT2D eigenvalue weighted by atomic mass is 32.1. The minimum atomic E-state index is 0. The van der Waals surface area contributed by atoms with Gasteiger partial charge in [0.05, 0.1) is 0 Å². The van der Waals surface area contributed by atoms with Crippen molar-refractivity contribution in [3.63, 3.8) is 0 Å². The molecular weight excluding hydrogens is 232 g/mol. The van der Waals surface area contributed by atoms with E-state index in [9.17, 15) is 0 Å². The van der Waals surface area contributed by atoms with Crippen LogP contribution >= 0.6 is 27.0 Å². The lowest BCUT2D eigenvalue weighted by Crippen LogP contribution is -1.66. The zero-order valence-electron chi connectivity index (χ0n) is 7.10. The molecule has 0 aromatic carbocycles. The molecule has 0 radical (unpaired) electrons. The molecule has 0 aliphatic rings. The normalized spacial score (nSPS) is 3.43. The summed E-state index contributed by atoms with van der Waals surface area (Å²) in [7, 11) is 0. The highest BCUT2D eigenvalue weighted by Crippen LogP contribution is 1.14. The van der Waals surface area contributed by atoms with Gasteiger partial charge in [-0.05, 0) is 0 Å². The van der Waals surface area contributed by atoms with Crippen molar-refractivity contribution in [2.45, 2.75) is 0 Å². The van der Waals surface area contributed by atoms with E-state index in [1.807, 2.05) is 0 Å². The number of nitrogens with zero attached hydrogens (tertiary/aromatic N) is 4. The fourth-order valence-electron chi connectivity index (χ4n) is 0. The molecule has 0 saturated heterocycles. The lowest BCUT2D eigenvalue weighted by atomic mass is 12.8. The second kappa shape index (κ2) is 227. The van der Waals surface area contributed by atoms with E-state index < -0.39 is 0 Å². The van der Waals surface area contributed by atoms with Crippen LogP contribution in [0.3, 0.4) is 0 Å². The summed E-state index contributed by atoms with van der Waals surface area (Å²) < 4.78 is 0. The first kappa shape index (κ1) is 39.6. The molecule has 0 amide bonds. The molecule has 0 unspecified atom stereocenters. The fourth-order valence-corrected chi connectivity index (χ4v) is 0. The summed E-state index contributed by atoms with van der Waals surface area (Å²) in [6, 6.07) is 0. The summed E-state index contributed by atoms with van der Waals surface area (Å²) in [5.74, 6) is 16.6. The highest BCUT2D eigenvalue weighted by molar-refractivity contribution is 7.59. The van der Waals surface area contributed by atoms with Gasteiger partial charge in [-0.2, -0.15) is 49.1 Å². The maximum atomic E-state index is 5.61. The molecular formula is H16N12S2. The molecule has 0 heterocycles. The Hall–Kier alpha value is -1.70. The highest BCUT2D eigenvalue weighted by Gasteiger charge is 1.06. The maximum Gasteiger partial charge on any atom is -0.0856 e. The molecule has 14 heavy (non-hydrogen) atoms. The first-order valence-electron chi connectivity index (χ1n) is 1.93. The SMILES string of the molecule is N=NN.N=NN.N=NN.N=NN.S.S. The molecule has 0 aromatic rings. The van der Waals surface area contributed by atoms with Crippen LogP contribution < -0.4 is 23.4 Å². The summed E-state index contributed by atoms with van der Waals surface area (Å²) in [6.07, 6.45) is 0. The summed E-state index contributed by atoms with van der Waals surface area (Å²) >= 11 is 0. The Bertz CT molecular complexity index is 62.3. The zero-order chi connectivity index (χ0) is 10.8. The van der Waals surface area contributed by atoms with E-state index >= 15 is 0 Å². The van der Waals surface area contributed by atoms with Crippen LogP contribution in [0.4, 0.5) is 0 Å². The van der Waals surface area contributed by atoms with Gasteiger partial charge in [-0.25, -0.2) is 0 Å². The molecule has 0 fully saturated rings. The van der Waals surface area contributed by atoms with Crippen LogP contribution in [0.5, 0.6) is 0 Å². The molecule has 0 aliphatic carbocycles. The van der Waals surface area contributed by atoms with Gasteiger partial charge in [-0.15, -0.1) is 0 Å². The first-order chi connectivity index (χ1) is 5.66. The summed E-state index contributed by atoms with van der Waals surface area (Å²) in [6.45, 7) is 0. The Morgan fingerprint density at radius 1 is 0.500 bits per heavy atom. The van der Waals surface area contributed by atoms with Gasteiger partial charge in [0.1, 0.15) is 0 Å². The summed E-state index contributed by atoms with van der Waals surface area (Å²) in [5.41, 5.74) is 22.4. The average molecular weight is 248 g/mol. The molecule has 0 rings (SSSR count). The lowest BCUT2D eigenvalue weighted by molar-refractivity contribution is 0.990. The van der Waals surface area contributed by atoms with Crippen molar-refractivity contribution in [1.29, 1.82) is 22.1 Å². The Balaban J connectivity index is -0.0000000145. The third-order valence-corrected chi connectivity index (χ3v) is 0. The largest absolute Gasteiger partial charge is 0.305 e. The molecule has 0 spiro atoms.